The van der Waals surface area contributed by atoms with Gasteiger partial charge in [-0.15, -0.1) is 0 Å². The molecule has 0 aliphatic carbocycles. The summed E-state index contributed by atoms with van der Waals surface area (Å²) in [7, 11) is 0. The average molecular weight is 289 g/mol. The maximum Gasteiger partial charge on any atom is 0.0862 e. The molecule has 1 saturated heterocycles. The van der Waals surface area contributed by atoms with E-state index in [1.165, 1.54) is 19.3 Å². The highest BCUT2D eigenvalue weighted by molar-refractivity contribution is 4.84. The number of hydrogen-bond acceptors (Lipinski definition) is 4. The molecule has 114 valence electrons. The molecule has 0 amide bonds. The van der Waals surface area contributed by atoms with Crippen LogP contribution in [0.15, 0.2) is 36.9 Å². The maximum atomic E-state index is 10.3. The predicted molar refractivity (Wildman–Crippen MR) is 79.7 cm³/mol. The Bertz CT molecular complexity index is 510. The van der Waals surface area contributed by atoms with Crippen LogP contribution >= 0.6 is 0 Å². The van der Waals surface area contributed by atoms with Crippen LogP contribution < -0.4 is 0 Å². The molecule has 0 bridgehead atoms. The van der Waals surface area contributed by atoms with Gasteiger partial charge in [-0.3, -0.25) is 14.3 Å². The lowest BCUT2D eigenvalue weighted by Gasteiger charge is -2.36. The van der Waals surface area contributed by atoms with Gasteiger partial charge in [-0.05, 0) is 31.5 Å². The third-order valence-corrected chi connectivity index (χ3v) is 4.11. The van der Waals surface area contributed by atoms with E-state index in [9.17, 15) is 5.11 Å². The molecule has 1 aliphatic rings. The largest absolute Gasteiger partial charge is 0.390 e. The third kappa shape index (κ3) is 3.92. The van der Waals surface area contributed by atoms with E-state index in [1.807, 2.05) is 35.4 Å². The quantitative estimate of drug-likeness (QED) is 0.862. The minimum absolute atomic E-state index is 0.386. The Kier molecular flexibility index (Phi) is 4.67. The van der Waals surface area contributed by atoms with E-state index >= 15 is 0 Å². The highest BCUT2D eigenvalue weighted by Crippen LogP contribution is 2.18. The lowest BCUT2D eigenvalue weighted by Crippen LogP contribution is -2.46. The van der Waals surface area contributed by atoms with E-state index in [1.54, 1.807) is 10.9 Å². The van der Waals surface area contributed by atoms with Gasteiger partial charge in [-0.25, -0.2) is 0 Å². The van der Waals surface area contributed by atoms with Gasteiger partial charge < -0.3 is 5.11 Å². The Labute approximate surface area is 125 Å². The van der Waals surface area contributed by atoms with Crippen LogP contribution in [0.4, 0.5) is 0 Å². The molecule has 1 fully saturated rings. The van der Waals surface area contributed by atoms with Crippen molar-refractivity contribution >= 4 is 0 Å². The van der Waals surface area contributed by atoms with E-state index in [-0.39, 0.29) is 6.10 Å². The number of rotatable bonds is 6. The molecule has 1 N–H and O–H groups in total. The summed E-state index contributed by atoms with van der Waals surface area (Å²) >= 11 is 0. The fourth-order valence-electron chi connectivity index (χ4n) is 3.08. The Balaban J connectivity index is 1.56. The predicted octanol–water partition coefficient (Wildman–Crippen LogP) is 0.995. The van der Waals surface area contributed by atoms with E-state index in [0.29, 0.717) is 19.1 Å². The highest BCUT2D eigenvalue weighted by atomic mass is 16.3. The van der Waals surface area contributed by atoms with Gasteiger partial charge in [0, 0.05) is 37.4 Å². The molecule has 0 unspecified atom stereocenters. The smallest absolute Gasteiger partial charge is 0.0862 e. The zero-order valence-corrected chi connectivity index (χ0v) is 12.3. The lowest BCUT2D eigenvalue weighted by molar-refractivity contribution is 0.0496. The first-order valence-corrected chi connectivity index (χ1v) is 7.68. The third-order valence-electron chi connectivity index (χ3n) is 4.11. The molecule has 3 heterocycles. The SMILES string of the molecule is O[C@H](CN1CCCC[C@@H]1Cn1cccn1)Cn1cccn1. The molecule has 0 spiro atoms. The van der Waals surface area contributed by atoms with Crippen LogP contribution in [0.1, 0.15) is 19.3 Å². The van der Waals surface area contributed by atoms with Crippen LogP contribution in [0.2, 0.25) is 0 Å². The minimum Gasteiger partial charge on any atom is -0.390 e. The summed E-state index contributed by atoms with van der Waals surface area (Å²) < 4.78 is 3.78. The average Bonchev–Trinajstić information content (AvgIpc) is 3.14. The number of aromatic nitrogens is 4. The first kappa shape index (κ1) is 14.3. The number of β-amino-alcohol motifs (C(OH)–C–C–N with tert-alkyl or cyclic N) is 1. The Morgan fingerprint density at radius 3 is 2.52 bits per heavy atom. The second kappa shape index (κ2) is 6.87. The highest BCUT2D eigenvalue weighted by Gasteiger charge is 2.24. The number of likely N-dealkylation sites (tertiary alicyclic amines) is 1. The molecule has 6 nitrogen and oxygen atoms in total. The number of aliphatic hydroxyl groups excluding tert-OH is 1. The molecule has 2 aromatic heterocycles. The van der Waals surface area contributed by atoms with Gasteiger partial charge in [0.15, 0.2) is 0 Å². The zero-order chi connectivity index (χ0) is 14.5. The minimum atomic E-state index is -0.386. The molecule has 2 aromatic rings. The molecule has 6 heteroatoms. The lowest BCUT2D eigenvalue weighted by atomic mass is 10.0. The Morgan fingerprint density at radius 2 is 1.81 bits per heavy atom. The molecule has 0 aromatic carbocycles. The van der Waals surface area contributed by atoms with E-state index in [4.69, 9.17) is 0 Å². The van der Waals surface area contributed by atoms with Gasteiger partial charge in [0.05, 0.1) is 19.2 Å². The zero-order valence-electron chi connectivity index (χ0n) is 12.3. The van der Waals surface area contributed by atoms with Gasteiger partial charge in [-0.1, -0.05) is 6.42 Å². The van der Waals surface area contributed by atoms with Crippen molar-refractivity contribution in [1.29, 1.82) is 0 Å². The molecule has 0 saturated carbocycles. The number of nitrogens with zero attached hydrogens (tertiary/aromatic N) is 5. The van der Waals surface area contributed by atoms with Crippen molar-refractivity contribution in [2.45, 2.75) is 44.5 Å². The first-order valence-electron chi connectivity index (χ1n) is 7.68. The van der Waals surface area contributed by atoms with Gasteiger partial charge in [0.1, 0.15) is 0 Å². The summed E-state index contributed by atoms with van der Waals surface area (Å²) in [5, 5.41) is 18.7. The Morgan fingerprint density at radius 1 is 1.05 bits per heavy atom. The Hall–Kier alpha value is -1.66. The van der Waals surface area contributed by atoms with Gasteiger partial charge in [0.25, 0.3) is 0 Å². The normalized spacial score (nSPS) is 21.5. The van der Waals surface area contributed by atoms with Crippen molar-refractivity contribution in [2.24, 2.45) is 0 Å². The summed E-state index contributed by atoms with van der Waals surface area (Å²) in [5.41, 5.74) is 0. The van der Waals surface area contributed by atoms with Crippen LogP contribution in [0.25, 0.3) is 0 Å². The summed E-state index contributed by atoms with van der Waals surface area (Å²) in [6.07, 6.45) is 10.7. The van der Waals surface area contributed by atoms with E-state index in [0.717, 1.165) is 13.1 Å². The molecular formula is C15H23N5O. The summed E-state index contributed by atoms with van der Waals surface area (Å²) in [6.45, 7) is 3.22. The fraction of sp³-hybridized carbons (Fsp3) is 0.600. The van der Waals surface area contributed by atoms with Crippen molar-refractivity contribution < 1.29 is 5.11 Å². The van der Waals surface area contributed by atoms with Crippen molar-refractivity contribution in [3.8, 4) is 0 Å². The number of piperidine rings is 1. The molecule has 3 rings (SSSR count). The standard InChI is InChI=1S/C15H23N5O/c21-15(13-20-10-4-7-17-20)12-18-8-2-1-5-14(18)11-19-9-3-6-16-19/h3-4,6-7,9-10,14-15,21H,1-2,5,8,11-13H2/t14-,15-/m1/s1. The van der Waals surface area contributed by atoms with Gasteiger partial charge in [0.2, 0.25) is 0 Å². The van der Waals surface area contributed by atoms with Crippen LogP contribution in [-0.2, 0) is 13.1 Å². The van der Waals surface area contributed by atoms with E-state index < -0.39 is 0 Å². The van der Waals surface area contributed by atoms with E-state index in [2.05, 4.69) is 15.1 Å². The van der Waals surface area contributed by atoms with Crippen molar-refractivity contribution in [3.05, 3.63) is 36.9 Å². The fourth-order valence-corrected chi connectivity index (χ4v) is 3.08. The van der Waals surface area contributed by atoms with Gasteiger partial charge in [-0.2, -0.15) is 10.2 Å². The van der Waals surface area contributed by atoms with Crippen LogP contribution in [-0.4, -0.2) is 54.8 Å². The molecule has 21 heavy (non-hydrogen) atoms. The maximum absolute atomic E-state index is 10.3. The molecule has 1 aliphatic heterocycles. The topological polar surface area (TPSA) is 59.1 Å². The first-order chi connectivity index (χ1) is 10.3. The van der Waals surface area contributed by atoms with Crippen molar-refractivity contribution in [2.75, 3.05) is 13.1 Å². The second-order valence-electron chi connectivity index (χ2n) is 5.75. The van der Waals surface area contributed by atoms with Crippen LogP contribution in [0.5, 0.6) is 0 Å². The van der Waals surface area contributed by atoms with Crippen molar-refractivity contribution in [3.63, 3.8) is 0 Å². The summed E-state index contributed by atoms with van der Waals surface area (Å²) in [4.78, 5) is 2.40. The van der Waals surface area contributed by atoms with Crippen molar-refractivity contribution in [1.82, 2.24) is 24.5 Å². The number of aliphatic hydroxyl groups is 1. The second-order valence-corrected chi connectivity index (χ2v) is 5.75. The molecule has 2 atom stereocenters. The van der Waals surface area contributed by atoms with Gasteiger partial charge >= 0.3 is 0 Å². The van der Waals surface area contributed by atoms with Crippen LogP contribution in [0.3, 0.4) is 0 Å². The van der Waals surface area contributed by atoms with Crippen LogP contribution in [0, 0.1) is 0 Å². The monoisotopic (exact) mass is 289 g/mol. The number of hydrogen-bond donors (Lipinski definition) is 1. The summed E-state index contributed by atoms with van der Waals surface area (Å²) in [6, 6.07) is 4.30. The molecular weight excluding hydrogens is 266 g/mol. The summed E-state index contributed by atoms with van der Waals surface area (Å²) in [5.74, 6) is 0. The molecule has 0 radical (unpaired) electrons.